The molecule has 0 atom stereocenters. The maximum absolute atomic E-state index is 13.3. The SMILES string of the molecule is CC(C)(C)[Si](C)(C)Oc1cc(F)cc(F)c1N. The van der Waals surface area contributed by atoms with Gasteiger partial charge in [-0.1, -0.05) is 20.8 Å². The zero-order valence-corrected chi connectivity index (χ0v) is 11.9. The third kappa shape index (κ3) is 2.97. The summed E-state index contributed by atoms with van der Waals surface area (Å²) < 4.78 is 32.2. The molecule has 0 saturated heterocycles. The van der Waals surface area contributed by atoms with Crippen molar-refractivity contribution in [2.24, 2.45) is 0 Å². The summed E-state index contributed by atoms with van der Waals surface area (Å²) in [5, 5.41) is -0.0533. The molecule has 0 heterocycles. The Hall–Kier alpha value is -1.10. The molecule has 1 aromatic carbocycles. The van der Waals surface area contributed by atoms with Gasteiger partial charge in [0.05, 0.1) is 0 Å². The topological polar surface area (TPSA) is 35.2 Å². The van der Waals surface area contributed by atoms with Gasteiger partial charge in [-0.15, -0.1) is 0 Å². The van der Waals surface area contributed by atoms with Gasteiger partial charge in [0.1, 0.15) is 17.3 Å². The van der Waals surface area contributed by atoms with E-state index in [1.807, 2.05) is 33.9 Å². The van der Waals surface area contributed by atoms with Crippen LogP contribution in [-0.2, 0) is 0 Å². The zero-order valence-electron chi connectivity index (χ0n) is 10.9. The maximum Gasteiger partial charge on any atom is 0.250 e. The van der Waals surface area contributed by atoms with E-state index < -0.39 is 20.0 Å². The largest absolute Gasteiger partial charge is 0.542 e. The molecule has 0 aromatic heterocycles. The summed E-state index contributed by atoms with van der Waals surface area (Å²) in [6.45, 7) is 10.1. The van der Waals surface area contributed by atoms with Crippen LogP contribution < -0.4 is 10.2 Å². The van der Waals surface area contributed by atoms with Crippen LogP contribution in [0.2, 0.25) is 18.1 Å². The van der Waals surface area contributed by atoms with Crippen molar-refractivity contribution in [1.29, 1.82) is 0 Å². The molecule has 2 nitrogen and oxygen atoms in total. The number of anilines is 1. The van der Waals surface area contributed by atoms with Crippen molar-refractivity contribution in [3.8, 4) is 5.75 Å². The molecule has 17 heavy (non-hydrogen) atoms. The van der Waals surface area contributed by atoms with Crippen molar-refractivity contribution in [2.45, 2.75) is 38.9 Å². The van der Waals surface area contributed by atoms with Crippen molar-refractivity contribution >= 4 is 14.0 Å². The Morgan fingerprint density at radius 3 is 2.18 bits per heavy atom. The predicted molar refractivity (Wildman–Crippen MR) is 68.6 cm³/mol. The van der Waals surface area contributed by atoms with Crippen LogP contribution in [-0.4, -0.2) is 8.32 Å². The molecule has 0 saturated carbocycles. The van der Waals surface area contributed by atoms with Crippen LogP contribution in [0.4, 0.5) is 14.5 Å². The van der Waals surface area contributed by atoms with Crippen LogP contribution in [0.5, 0.6) is 5.75 Å². The number of halogens is 2. The lowest BCUT2D eigenvalue weighted by Crippen LogP contribution is -2.44. The average Bonchev–Trinajstić information content (AvgIpc) is 2.11. The molecule has 0 fully saturated rings. The highest BCUT2D eigenvalue weighted by Crippen LogP contribution is 2.39. The lowest BCUT2D eigenvalue weighted by molar-refractivity contribution is 0.482. The maximum atomic E-state index is 13.3. The van der Waals surface area contributed by atoms with Crippen LogP contribution in [0.25, 0.3) is 0 Å². The van der Waals surface area contributed by atoms with E-state index in [0.29, 0.717) is 0 Å². The molecule has 0 aliphatic rings. The van der Waals surface area contributed by atoms with Crippen LogP contribution in [0, 0.1) is 11.6 Å². The summed E-state index contributed by atoms with van der Waals surface area (Å²) in [5.41, 5.74) is 5.43. The van der Waals surface area contributed by atoms with E-state index in [0.717, 1.165) is 12.1 Å². The third-order valence-electron chi connectivity index (χ3n) is 3.23. The van der Waals surface area contributed by atoms with Crippen molar-refractivity contribution in [1.82, 2.24) is 0 Å². The molecule has 2 N–H and O–H groups in total. The average molecular weight is 259 g/mol. The highest BCUT2D eigenvalue weighted by atomic mass is 28.4. The Labute approximate surface area is 102 Å². The number of benzene rings is 1. The highest BCUT2D eigenvalue weighted by Gasteiger charge is 2.39. The molecule has 5 heteroatoms. The minimum atomic E-state index is -2.14. The zero-order chi connectivity index (χ0) is 13.4. The Balaban J connectivity index is 3.12. The quantitative estimate of drug-likeness (QED) is 0.645. The second-order valence-corrected chi connectivity index (χ2v) is 10.4. The Kier molecular flexibility index (Phi) is 3.52. The molecule has 1 rings (SSSR count). The number of hydrogen-bond donors (Lipinski definition) is 1. The van der Waals surface area contributed by atoms with Crippen LogP contribution in [0.3, 0.4) is 0 Å². The lowest BCUT2D eigenvalue weighted by atomic mass is 10.2. The fourth-order valence-corrected chi connectivity index (χ4v) is 2.10. The predicted octanol–water partition coefficient (Wildman–Crippen LogP) is 3.93. The molecule has 0 bridgehead atoms. The van der Waals surface area contributed by atoms with E-state index in [2.05, 4.69) is 0 Å². The van der Waals surface area contributed by atoms with Gasteiger partial charge in [0.15, 0.2) is 5.82 Å². The van der Waals surface area contributed by atoms with Crippen molar-refractivity contribution < 1.29 is 13.2 Å². The number of nitrogen functional groups attached to an aromatic ring is 1. The minimum absolute atomic E-state index is 0.0533. The molecular weight excluding hydrogens is 240 g/mol. The van der Waals surface area contributed by atoms with E-state index in [9.17, 15) is 8.78 Å². The summed E-state index contributed by atoms with van der Waals surface area (Å²) in [7, 11) is -2.14. The first kappa shape index (κ1) is 14.0. The summed E-state index contributed by atoms with van der Waals surface area (Å²) in [6, 6.07) is 1.90. The van der Waals surface area contributed by atoms with Gasteiger partial charge in [-0.25, -0.2) is 8.78 Å². The van der Waals surface area contributed by atoms with Gasteiger partial charge in [-0.3, -0.25) is 0 Å². The van der Waals surface area contributed by atoms with Gasteiger partial charge in [0.25, 0.3) is 8.32 Å². The van der Waals surface area contributed by atoms with Crippen molar-refractivity contribution in [3.63, 3.8) is 0 Å². The van der Waals surface area contributed by atoms with Crippen LogP contribution >= 0.6 is 0 Å². The second-order valence-electron chi connectivity index (χ2n) is 5.66. The molecule has 0 amide bonds. The fraction of sp³-hybridized carbons (Fsp3) is 0.500. The Morgan fingerprint density at radius 2 is 1.71 bits per heavy atom. The number of hydrogen-bond acceptors (Lipinski definition) is 2. The monoisotopic (exact) mass is 259 g/mol. The molecule has 0 spiro atoms. The lowest BCUT2D eigenvalue weighted by Gasteiger charge is -2.36. The molecule has 96 valence electrons. The fourth-order valence-electron chi connectivity index (χ4n) is 1.07. The first-order chi connectivity index (χ1) is 7.54. The Morgan fingerprint density at radius 1 is 1.18 bits per heavy atom. The van der Waals surface area contributed by atoms with Crippen molar-refractivity contribution in [3.05, 3.63) is 23.8 Å². The van der Waals surface area contributed by atoms with E-state index in [4.69, 9.17) is 10.2 Å². The van der Waals surface area contributed by atoms with Gasteiger partial charge < -0.3 is 10.2 Å². The first-order valence-electron chi connectivity index (χ1n) is 5.48. The summed E-state index contributed by atoms with van der Waals surface area (Å²) >= 11 is 0. The normalized spacial score (nSPS) is 12.6. The van der Waals surface area contributed by atoms with E-state index >= 15 is 0 Å². The smallest absolute Gasteiger partial charge is 0.250 e. The summed E-state index contributed by atoms with van der Waals surface area (Å²) in [4.78, 5) is 0. The van der Waals surface area contributed by atoms with Gasteiger partial charge in [-0.2, -0.15) is 0 Å². The molecule has 0 aliphatic heterocycles. The highest BCUT2D eigenvalue weighted by molar-refractivity contribution is 6.74. The molecular formula is C12H19F2NOSi. The van der Waals surface area contributed by atoms with Crippen molar-refractivity contribution in [2.75, 3.05) is 5.73 Å². The Bertz CT molecular complexity index is 427. The standard InChI is InChI=1S/C12H19F2NOSi/c1-12(2,3)17(4,5)16-10-7-8(13)6-9(14)11(10)15/h6-7H,15H2,1-5H3. The van der Waals surface area contributed by atoms with Gasteiger partial charge in [0, 0.05) is 12.1 Å². The molecule has 1 aromatic rings. The van der Waals surface area contributed by atoms with Gasteiger partial charge in [-0.05, 0) is 18.1 Å². The van der Waals surface area contributed by atoms with E-state index in [1.165, 1.54) is 0 Å². The number of nitrogens with two attached hydrogens (primary N) is 1. The van der Waals surface area contributed by atoms with Crippen LogP contribution in [0.1, 0.15) is 20.8 Å². The van der Waals surface area contributed by atoms with Gasteiger partial charge >= 0.3 is 0 Å². The second kappa shape index (κ2) is 4.29. The summed E-state index contributed by atoms with van der Waals surface area (Å²) in [6.07, 6.45) is 0. The van der Waals surface area contributed by atoms with Gasteiger partial charge in [0.2, 0.25) is 0 Å². The van der Waals surface area contributed by atoms with Crippen LogP contribution in [0.15, 0.2) is 12.1 Å². The van der Waals surface area contributed by atoms with E-state index in [1.54, 1.807) is 0 Å². The van der Waals surface area contributed by atoms with E-state index in [-0.39, 0.29) is 16.5 Å². The molecule has 0 radical (unpaired) electrons. The summed E-state index contributed by atoms with van der Waals surface area (Å²) in [5.74, 6) is -1.35. The molecule has 0 aliphatic carbocycles. The molecule has 0 unspecified atom stereocenters. The first-order valence-corrected chi connectivity index (χ1v) is 8.39. The minimum Gasteiger partial charge on any atom is -0.542 e. The number of rotatable bonds is 2. The third-order valence-corrected chi connectivity index (χ3v) is 7.57.